The minimum atomic E-state index is 0.0421. The molecular weight excluding hydrogens is 238 g/mol. The highest BCUT2D eigenvalue weighted by Crippen LogP contribution is 2.37. The molecule has 0 bridgehead atoms. The molecule has 0 amide bonds. The van der Waals surface area contributed by atoms with Gasteiger partial charge in [-0.25, -0.2) is 0 Å². The highest BCUT2D eigenvalue weighted by molar-refractivity contribution is 4.89. The molecule has 1 rings (SSSR count). The van der Waals surface area contributed by atoms with Gasteiger partial charge in [-0.3, -0.25) is 0 Å². The molecule has 0 heterocycles. The lowest BCUT2D eigenvalue weighted by Crippen LogP contribution is -2.46. The van der Waals surface area contributed by atoms with Gasteiger partial charge in [0.2, 0.25) is 0 Å². The first kappa shape index (κ1) is 16.9. The highest BCUT2D eigenvalue weighted by atomic mass is 16.5. The van der Waals surface area contributed by atoms with E-state index in [1.165, 1.54) is 25.7 Å². The highest BCUT2D eigenvalue weighted by Gasteiger charge is 2.36. The van der Waals surface area contributed by atoms with Crippen LogP contribution in [0.5, 0.6) is 0 Å². The van der Waals surface area contributed by atoms with Gasteiger partial charge in [-0.2, -0.15) is 0 Å². The molecule has 0 aromatic carbocycles. The Kier molecular flexibility index (Phi) is 7.33. The van der Waals surface area contributed by atoms with Crippen LogP contribution in [0.4, 0.5) is 0 Å². The number of nitrogens with one attached hydrogen (secondary N) is 1. The van der Waals surface area contributed by atoms with Gasteiger partial charge in [0.1, 0.15) is 0 Å². The van der Waals surface area contributed by atoms with Crippen LogP contribution in [0.1, 0.15) is 53.4 Å². The molecule has 0 aromatic rings. The fourth-order valence-electron chi connectivity index (χ4n) is 3.07. The molecule has 1 fully saturated rings. The van der Waals surface area contributed by atoms with Gasteiger partial charge >= 0.3 is 0 Å². The molecule has 1 aliphatic carbocycles. The molecule has 0 aromatic heterocycles. The van der Waals surface area contributed by atoms with Crippen molar-refractivity contribution < 1.29 is 9.47 Å². The Labute approximate surface area is 119 Å². The lowest BCUT2D eigenvalue weighted by atomic mass is 9.74. The van der Waals surface area contributed by atoms with Gasteiger partial charge in [-0.05, 0) is 58.4 Å². The van der Waals surface area contributed by atoms with Crippen LogP contribution < -0.4 is 5.32 Å². The SMILES string of the molecule is CNCC1(OCCOC(C)C)CCC(C(C)C)CC1. The summed E-state index contributed by atoms with van der Waals surface area (Å²) in [6, 6.07) is 0. The first-order chi connectivity index (χ1) is 8.99. The summed E-state index contributed by atoms with van der Waals surface area (Å²) in [6.07, 6.45) is 5.24. The lowest BCUT2D eigenvalue weighted by molar-refractivity contribution is -0.0989. The summed E-state index contributed by atoms with van der Waals surface area (Å²) in [4.78, 5) is 0. The molecule has 3 nitrogen and oxygen atoms in total. The van der Waals surface area contributed by atoms with Gasteiger partial charge in [0.05, 0.1) is 24.9 Å². The van der Waals surface area contributed by atoms with Crippen molar-refractivity contribution in [1.82, 2.24) is 5.32 Å². The Morgan fingerprint density at radius 1 is 1.11 bits per heavy atom. The average molecular weight is 271 g/mol. The van der Waals surface area contributed by atoms with Crippen LogP contribution in [-0.4, -0.2) is 38.5 Å². The molecule has 1 saturated carbocycles. The van der Waals surface area contributed by atoms with E-state index in [-0.39, 0.29) is 5.60 Å². The Morgan fingerprint density at radius 2 is 1.74 bits per heavy atom. The van der Waals surface area contributed by atoms with Crippen LogP contribution in [0.3, 0.4) is 0 Å². The topological polar surface area (TPSA) is 30.5 Å². The third kappa shape index (κ3) is 5.80. The predicted molar refractivity (Wildman–Crippen MR) is 80.5 cm³/mol. The van der Waals surface area contributed by atoms with Gasteiger partial charge in [-0.1, -0.05) is 13.8 Å². The van der Waals surface area contributed by atoms with E-state index >= 15 is 0 Å². The van der Waals surface area contributed by atoms with Crippen LogP contribution in [0.2, 0.25) is 0 Å². The van der Waals surface area contributed by atoms with Gasteiger partial charge < -0.3 is 14.8 Å². The minimum absolute atomic E-state index is 0.0421. The second-order valence-electron chi connectivity index (χ2n) is 6.56. The van der Waals surface area contributed by atoms with E-state index in [9.17, 15) is 0 Å². The fraction of sp³-hybridized carbons (Fsp3) is 1.00. The first-order valence-electron chi connectivity index (χ1n) is 7.89. The van der Waals surface area contributed by atoms with Crippen LogP contribution in [0.25, 0.3) is 0 Å². The smallest absolute Gasteiger partial charge is 0.0807 e. The van der Waals surface area contributed by atoms with E-state index in [0.29, 0.717) is 19.3 Å². The molecule has 0 spiro atoms. The standard InChI is InChI=1S/C16H33NO2/c1-13(2)15-6-8-16(9-7-15,12-17-5)19-11-10-18-14(3)4/h13-15,17H,6-12H2,1-5H3. The summed E-state index contributed by atoms with van der Waals surface area (Å²) in [7, 11) is 2.02. The quantitative estimate of drug-likeness (QED) is 0.688. The van der Waals surface area contributed by atoms with Gasteiger partial charge in [0, 0.05) is 6.54 Å². The average Bonchev–Trinajstić information content (AvgIpc) is 2.35. The Bertz CT molecular complexity index is 233. The maximum atomic E-state index is 6.20. The largest absolute Gasteiger partial charge is 0.376 e. The second-order valence-corrected chi connectivity index (χ2v) is 6.56. The lowest BCUT2D eigenvalue weighted by Gasteiger charge is -2.41. The van der Waals surface area contributed by atoms with E-state index in [2.05, 4.69) is 33.0 Å². The van der Waals surface area contributed by atoms with E-state index in [1.807, 2.05) is 7.05 Å². The molecule has 19 heavy (non-hydrogen) atoms. The summed E-state index contributed by atoms with van der Waals surface area (Å²) in [5, 5.41) is 3.31. The molecule has 0 atom stereocenters. The van der Waals surface area contributed by atoms with Crippen LogP contribution in [0.15, 0.2) is 0 Å². The normalized spacial score (nSPS) is 28.3. The summed E-state index contributed by atoms with van der Waals surface area (Å²) in [5.74, 6) is 1.68. The number of hydrogen-bond donors (Lipinski definition) is 1. The zero-order valence-corrected chi connectivity index (χ0v) is 13.5. The minimum Gasteiger partial charge on any atom is -0.376 e. The molecule has 0 aliphatic heterocycles. The van der Waals surface area contributed by atoms with E-state index < -0.39 is 0 Å². The zero-order chi connectivity index (χ0) is 14.3. The second kappa shape index (κ2) is 8.23. The zero-order valence-electron chi connectivity index (χ0n) is 13.5. The van der Waals surface area contributed by atoms with Crippen molar-refractivity contribution in [3.05, 3.63) is 0 Å². The molecule has 114 valence electrons. The van der Waals surface area contributed by atoms with Crippen molar-refractivity contribution >= 4 is 0 Å². The summed E-state index contributed by atoms with van der Waals surface area (Å²) < 4.78 is 11.8. The predicted octanol–water partition coefficient (Wildman–Crippen LogP) is 3.23. The molecule has 0 radical (unpaired) electrons. The van der Waals surface area contributed by atoms with E-state index in [0.717, 1.165) is 18.4 Å². The molecule has 1 N–H and O–H groups in total. The van der Waals surface area contributed by atoms with Crippen LogP contribution >= 0.6 is 0 Å². The molecule has 0 saturated heterocycles. The molecule has 0 unspecified atom stereocenters. The van der Waals surface area contributed by atoms with Crippen molar-refractivity contribution in [1.29, 1.82) is 0 Å². The summed E-state index contributed by atoms with van der Waals surface area (Å²) in [5.41, 5.74) is 0.0421. The molecular formula is C16H33NO2. The number of likely N-dealkylation sites (N-methyl/N-ethyl adjacent to an activating group) is 1. The summed E-state index contributed by atoms with van der Waals surface area (Å²) in [6.45, 7) is 11.2. The number of ether oxygens (including phenoxy) is 2. The summed E-state index contributed by atoms with van der Waals surface area (Å²) >= 11 is 0. The Balaban J connectivity index is 2.38. The first-order valence-corrected chi connectivity index (χ1v) is 7.89. The van der Waals surface area contributed by atoms with Crippen LogP contribution in [0, 0.1) is 11.8 Å². The molecule has 3 heteroatoms. The Hall–Kier alpha value is -0.120. The van der Waals surface area contributed by atoms with Crippen molar-refractivity contribution in [3.8, 4) is 0 Å². The molecule has 1 aliphatic rings. The van der Waals surface area contributed by atoms with Crippen molar-refractivity contribution in [2.45, 2.75) is 65.1 Å². The van der Waals surface area contributed by atoms with Crippen molar-refractivity contribution in [2.75, 3.05) is 26.8 Å². The van der Waals surface area contributed by atoms with Gasteiger partial charge in [0.15, 0.2) is 0 Å². The third-order valence-electron chi connectivity index (χ3n) is 4.33. The third-order valence-corrected chi connectivity index (χ3v) is 4.33. The van der Waals surface area contributed by atoms with E-state index in [4.69, 9.17) is 9.47 Å². The van der Waals surface area contributed by atoms with Crippen molar-refractivity contribution in [3.63, 3.8) is 0 Å². The maximum Gasteiger partial charge on any atom is 0.0807 e. The maximum absolute atomic E-state index is 6.20. The van der Waals surface area contributed by atoms with Gasteiger partial charge in [-0.15, -0.1) is 0 Å². The monoisotopic (exact) mass is 271 g/mol. The fourth-order valence-corrected chi connectivity index (χ4v) is 3.07. The Morgan fingerprint density at radius 3 is 2.21 bits per heavy atom. The van der Waals surface area contributed by atoms with Gasteiger partial charge in [0.25, 0.3) is 0 Å². The van der Waals surface area contributed by atoms with E-state index in [1.54, 1.807) is 0 Å². The van der Waals surface area contributed by atoms with Crippen LogP contribution in [-0.2, 0) is 9.47 Å². The number of hydrogen-bond acceptors (Lipinski definition) is 3. The van der Waals surface area contributed by atoms with Crippen molar-refractivity contribution in [2.24, 2.45) is 11.8 Å². The number of rotatable bonds is 8.